The first-order chi connectivity index (χ1) is 13.8. The summed E-state index contributed by atoms with van der Waals surface area (Å²) < 4.78 is 7.36. The summed E-state index contributed by atoms with van der Waals surface area (Å²) in [5.41, 5.74) is 8.26. The number of fused-ring (bicyclic) bond motifs is 6. The second-order valence-corrected chi connectivity index (χ2v) is 8.08. The maximum absolute atomic E-state index is 5.27. The summed E-state index contributed by atoms with van der Waals surface area (Å²) in [6, 6.07) is 13.7. The quantitative estimate of drug-likeness (QED) is 0.530. The first-order valence-electron chi connectivity index (χ1n) is 9.98. The number of hydrogen-bond acceptors (Lipinski definition) is 4. The Morgan fingerprint density at radius 1 is 1.18 bits per heavy atom. The normalized spacial score (nSPS) is 21.3. The highest BCUT2D eigenvalue weighted by Crippen LogP contribution is 2.44. The molecule has 0 saturated carbocycles. The van der Waals surface area contributed by atoms with Gasteiger partial charge in [0.25, 0.3) is 0 Å². The van der Waals surface area contributed by atoms with Gasteiger partial charge in [0.2, 0.25) is 0 Å². The fourth-order valence-electron chi connectivity index (χ4n) is 4.97. The molecular formula is C23H22N4O. The number of furan rings is 1. The topological polar surface area (TPSA) is 46.6 Å². The van der Waals surface area contributed by atoms with Crippen molar-refractivity contribution in [2.24, 2.45) is 0 Å². The zero-order chi connectivity index (χ0) is 18.7. The monoisotopic (exact) mass is 370 g/mol. The molecule has 28 heavy (non-hydrogen) atoms. The largest absolute Gasteiger partial charge is 0.472 e. The minimum atomic E-state index is 0.423. The maximum atomic E-state index is 5.27. The third-order valence-electron chi connectivity index (χ3n) is 6.31. The lowest BCUT2D eigenvalue weighted by molar-refractivity contribution is 0.165. The van der Waals surface area contributed by atoms with Crippen LogP contribution in [0.2, 0.25) is 0 Å². The van der Waals surface area contributed by atoms with Crippen LogP contribution in [0, 0.1) is 6.92 Å². The molecule has 0 N–H and O–H groups in total. The summed E-state index contributed by atoms with van der Waals surface area (Å²) >= 11 is 0. The predicted molar refractivity (Wildman–Crippen MR) is 107 cm³/mol. The highest BCUT2D eigenvalue weighted by atomic mass is 16.3. The lowest BCUT2D eigenvalue weighted by Gasteiger charge is -2.35. The Bertz CT molecular complexity index is 1160. The van der Waals surface area contributed by atoms with Crippen LogP contribution in [0.15, 0.2) is 59.5 Å². The molecule has 1 aromatic carbocycles. The van der Waals surface area contributed by atoms with Crippen LogP contribution in [0.3, 0.4) is 0 Å². The van der Waals surface area contributed by atoms with Crippen molar-refractivity contribution in [2.45, 2.75) is 44.8 Å². The second-order valence-electron chi connectivity index (χ2n) is 8.08. The van der Waals surface area contributed by atoms with Gasteiger partial charge in [0.05, 0.1) is 23.9 Å². The van der Waals surface area contributed by atoms with E-state index in [2.05, 4.69) is 58.9 Å². The number of nitrogens with zero attached hydrogens (tertiary/aromatic N) is 4. The zero-order valence-corrected chi connectivity index (χ0v) is 15.9. The van der Waals surface area contributed by atoms with Crippen LogP contribution >= 0.6 is 0 Å². The fourth-order valence-corrected chi connectivity index (χ4v) is 4.97. The van der Waals surface area contributed by atoms with E-state index < -0.39 is 0 Å². The van der Waals surface area contributed by atoms with Gasteiger partial charge in [-0.25, -0.2) is 9.50 Å². The Labute approximate surface area is 163 Å². The molecule has 2 atom stereocenters. The SMILES string of the molecule is Cc1cccc(-c2cc3ncc4c(n3n2)C[C@@H]2CC[C@@H]4N2Cc2ccoc2)c1. The molecule has 2 aliphatic heterocycles. The van der Waals surface area contributed by atoms with Gasteiger partial charge in [-0.3, -0.25) is 4.90 Å². The highest BCUT2D eigenvalue weighted by molar-refractivity contribution is 5.65. The Morgan fingerprint density at radius 3 is 3.00 bits per heavy atom. The van der Waals surface area contributed by atoms with E-state index in [0.29, 0.717) is 12.1 Å². The van der Waals surface area contributed by atoms with Gasteiger partial charge in [0, 0.05) is 54.0 Å². The molecule has 0 spiro atoms. The summed E-state index contributed by atoms with van der Waals surface area (Å²) in [5.74, 6) is 0. The number of rotatable bonds is 3. The van der Waals surface area contributed by atoms with E-state index >= 15 is 0 Å². The number of hydrogen-bond donors (Lipinski definition) is 0. The standard InChI is InChI=1S/C23H22N4O/c1-15-3-2-4-17(9-15)20-11-23-24-12-19-21-6-5-18(10-22(19)27(23)25-20)26(21)13-16-7-8-28-14-16/h2-4,7-9,11-12,14,18,21H,5-6,10,13H2,1H3/t18-,21-/m0/s1. The van der Waals surface area contributed by atoms with Gasteiger partial charge in [0.1, 0.15) is 0 Å². The van der Waals surface area contributed by atoms with Crippen molar-refractivity contribution in [3.8, 4) is 11.3 Å². The Morgan fingerprint density at radius 2 is 2.14 bits per heavy atom. The Balaban J connectivity index is 1.42. The van der Waals surface area contributed by atoms with Crippen molar-refractivity contribution in [3.63, 3.8) is 0 Å². The predicted octanol–water partition coefficient (Wildman–Crippen LogP) is 4.56. The van der Waals surface area contributed by atoms with Crippen molar-refractivity contribution in [1.29, 1.82) is 0 Å². The fraction of sp³-hybridized carbons (Fsp3) is 0.304. The number of benzene rings is 1. The van der Waals surface area contributed by atoms with Crippen LogP contribution in [0.25, 0.3) is 16.9 Å². The van der Waals surface area contributed by atoms with Gasteiger partial charge >= 0.3 is 0 Å². The third kappa shape index (κ3) is 2.43. The van der Waals surface area contributed by atoms with E-state index in [9.17, 15) is 0 Å². The molecule has 0 aliphatic carbocycles. The smallest absolute Gasteiger partial charge is 0.155 e. The highest BCUT2D eigenvalue weighted by Gasteiger charge is 2.41. The average Bonchev–Trinajstić information content (AvgIpc) is 3.42. The molecule has 0 radical (unpaired) electrons. The van der Waals surface area contributed by atoms with Crippen LogP contribution in [0.4, 0.5) is 0 Å². The lowest BCUT2D eigenvalue weighted by Crippen LogP contribution is -2.38. The molecule has 3 aromatic heterocycles. The summed E-state index contributed by atoms with van der Waals surface area (Å²) in [6.07, 6.45) is 9.15. The minimum absolute atomic E-state index is 0.423. The first kappa shape index (κ1) is 16.1. The molecule has 1 fully saturated rings. The molecule has 5 heterocycles. The molecular weight excluding hydrogens is 348 g/mol. The van der Waals surface area contributed by atoms with Gasteiger partial charge in [0.15, 0.2) is 5.65 Å². The van der Waals surface area contributed by atoms with Gasteiger partial charge in [-0.2, -0.15) is 5.10 Å². The maximum Gasteiger partial charge on any atom is 0.155 e. The Hall–Kier alpha value is -2.92. The van der Waals surface area contributed by atoms with Crippen LogP contribution in [-0.4, -0.2) is 25.5 Å². The molecule has 4 aromatic rings. The summed E-state index contributed by atoms with van der Waals surface area (Å²) in [7, 11) is 0. The molecule has 0 amide bonds. The van der Waals surface area contributed by atoms with E-state index in [1.807, 2.05) is 6.26 Å². The molecule has 1 saturated heterocycles. The first-order valence-corrected chi connectivity index (χ1v) is 9.98. The van der Waals surface area contributed by atoms with E-state index in [0.717, 1.165) is 29.9 Å². The van der Waals surface area contributed by atoms with Crippen molar-refractivity contribution < 1.29 is 4.42 Å². The number of aromatic nitrogens is 3. The summed E-state index contributed by atoms with van der Waals surface area (Å²) in [4.78, 5) is 7.38. The Kier molecular flexibility index (Phi) is 3.47. The van der Waals surface area contributed by atoms with Crippen molar-refractivity contribution in [2.75, 3.05) is 0 Å². The number of aryl methyl sites for hydroxylation is 1. The lowest BCUT2D eigenvalue weighted by atomic mass is 9.98. The van der Waals surface area contributed by atoms with E-state index in [1.165, 1.54) is 35.2 Å². The van der Waals surface area contributed by atoms with E-state index in [1.54, 1.807) is 6.26 Å². The van der Waals surface area contributed by atoms with E-state index in [-0.39, 0.29) is 0 Å². The van der Waals surface area contributed by atoms with Crippen molar-refractivity contribution in [3.05, 3.63) is 77.5 Å². The average molecular weight is 370 g/mol. The summed E-state index contributed by atoms with van der Waals surface area (Å²) in [5, 5.41) is 4.96. The second kappa shape index (κ2) is 6.04. The minimum Gasteiger partial charge on any atom is -0.472 e. The molecule has 5 heteroatoms. The molecule has 140 valence electrons. The zero-order valence-electron chi connectivity index (χ0n) is 15.9. The molecule has 2 bridgehead atoms. The summed E-state index contributed by atoms with van der Waals surface area (Å²) in [6.45, 7) is 3.06. The molecule has 2 aliphatic rings. The van der Waals surface area contributed by atoms with Crippen LogP contribution < -0.4 is 0 Å². The van der Waals surface area contributed by atoms with Crippen LogP contribution in [-0.2, 0) is 13.0 Å². The molecule has 0 unspecified atom stereocenters. The van der Waals surface area contributed by atoms with Gasteiger partial charge in [-0.15, -0.1) is 0 Å². The van der Waals surface area contributed by atoms with E-state index in [4.69, 9.17) is 14.5 Å². The van der Waals surface area contributed by atoms with Crippen LogP contribution in [0.1, 0.15) is 41.3 Å². The van der Waals surface area contributed by atoms with Crippen molar-refractivity contribution in [1.82, 2.24) is 19.5 Å². The van der Waals surface area contributed by atoms with Gasteiger partial charge in [-0.05, 0) is 31.9 Å². The molecule has 6 rings (SSSR count). The third-order valence-corrected chi connectivity index (χ3v) is 6.31. The molecule has 5 nitrogen and oxygen atoms in total. The van der Waals surface area contributed by atoms with Crippen LogP contribution in [0.5, 0.6) is 0 Å². The van der Waals surface area contributed by atoms with Crippen molar-refractivity contribution >= 4 is 5.65 Å². The van der Waals surface area contributed by atoms with Gasteiger partial charge < -0.3 is 4.42 Å². The van der Waals surface area contributed by atoms with Gasteiger partial charge in [-0.1, -0.05) is 23.8 Å².